The molecule has 0 aliphatic heterocycles. The Balaban J connectivity index is 2.67. The van der Waals surface area contributed by atoms with E-state index in [4.69, 9.17) is 10.5 Å². The first kappa shape index (κ1) is 15.8. The minimum Gasteiger partial charge on any atom is -0.482 e. The SMILES string of the molecule is CCC(C)NC(=O)COc1cc(C(=O)OC)ccc1N. The fraction of sp³-hybridized carbons (Fsp3) is 0.429. The Labute approximate surface area is 118 Å². The number of ether oxygens (including phenoxy) is 2. The van der Waals surface area contributed by atoms with Gasteiger partial charge in [-0.1, -0.05) is 6.92 Å². The van der Waals surface area contributed by atoms with Crippen molar-refractivity contribution in [2.75, 3.05) is 19.5 Å². The van der Waals surface area contributed by atoms with E-state index < -0.39 is 5.97 Å². The third kappa shape index (κ3) is 4.46. The molecule has 110 valence electrons. The summed E-state index contributed by atoms with van der Waals surface area (Å²) in [6.45, 7) is 3.73. The molecule has 6 heteroatoms. The molecule has 0 saturated carbocycles. The second-order valence-electron chi connectivity index (χ2n) is 4.41. The third-order valence-corrected chi connectivity index (χ3v) is 2.81. The van der Waals surface area contributed by atoms with Gasteiger partial charge in [-0.3, -0.25) is 4.79 Å². The molecule has 0 aliphatic rings. The van der Waals surface area contributed by atoms with Crippen molar-refractivity contribution in [3.05, 3.63) is 23.8 Å². The Kier molecular flexibility index (Phi) is 5.83. The van der Waals surface area contributed by atoms with Gasteiger partial charge in [-0.2, -0.15) is 0 Å². The standard InChI is InChI=1S/C14H20N2O4/c1-4-9(2)16-13(17)8-20-12-7-10(14(18)19-3)5-6-11(12)15/h5-7,9H,4,8,15H2,1-3H3,(H,16,17). The van der Waals surface area contributed by atoms with Gasteiger partial charge in [0.1, 0.15) is 5.75 Å². The summed E-state index contributed by atoms with van der Waals surface area (Å²) in [4.78, 5) is 23.0. The maximum Gasteiger partial charge on any atom is 0.337 e. The highest BCUT2D eigenvalue weighted by Crippen LogP contribution is 2.23. The topological polar surface area (TPSA) is 90.6 Å². The summed E-state index contributed by atoms with van der Waals surface area (Å²) in [5.41, 5.74) is 6.41. The molecule has 20 heavy (non-hydrogen) atoms. The maximum atomic E-state index is 11.6. The van der Waals surface area contributed by atoms with Crippen LogP contribution in [0, 0.1) is 0 Å². The summed E-state index contributed by atoms with van der Waals surface area (Å²) in [5.74, 6) is -0.437. The normalized spacial score (nSPS) is 11.6. The van der Waals surface area contributed by atoms with Crippen LogP contribution < -0.4 is 15.8 Å². The van der Waals surface area contributed by atoms with Crippen LogP contribution in [-0.2, 0) is 9.53 Å². The van der Waals surface area contributed by atoms with Crippen LogP contribution in [-0.4, -0.2) is 31.6 Å². The molecule has 1 amide bonds. The molecule has 0 fully saturated rings. The molecule has 0 aromatic heterocycles. The molecule has 0 saturated heterocycles. The van der Waals surface area contributed by atoms with Gasteiger partial charge >= 0.3 is 5.97 Å². The Morgan fingerprint density at radius 2 is 2.10 bits per heavy atom. The van der Waals surface area contributed by atoms with E-state index in [1.54, 1.807) is 0 Å². The number of hydrogen-bond acceptors (Lipinski definition) is 5. The number of carbonyl (C=O) groups is 2. The molecule has 0 aliphatic carbocycles. The van der Waals surface area contributed by atoms with Crippen LogP contribution in [0.2, 0.25) is 0 Å². The van der Waals surface area contributed by atoms with Gasteiger partial charge in [-0.15, -0.1) is 0 Å². The predicted molar refractivity (Wildman–Crippen MR) is 75.6 cm³/mol. The average Bonchev–Trinajstić information content (AvgIpc) is 2.45. The molecule has 6 nitrogen and oxygen atoms in total. The van der Waals surface area contributed by atoms with E-state index in [9.17, 15) is 9.59 Å². The van der Waals surface area contributed by atoms with Crippen molar-refractivity contribution in [2.45, 2.75) is 26.3 Å². The zero-order chi connectivity index (χ0) is 15.1. The molecule has 0 spiro atoms. The largest absolute Gasteiger partial charge is 0.482 e. The van der Waals surface area contributed by atoms with Crippen molar-refractivity contribution < 1.29 is 19.1 Å². The van der Waals surface area contributed by atoms with Crippen LogP contribution in [0.15, 0.2) is 18.2 Å². The molecule has 0 heterocycles. The summed E-state index contributed by atoms with van der Waals surface area (Å²) in [7, 11) is 1.29. The zero-order valence-corrected chi connectivity index (χ0v) is 11.9. The predicted octanol–water partition coefficient (Wildman–Crippen LogP) is 1.35. The van der Waals surface area contributed by atoms with Gasteiger partial charge < -0.3 is 20.5 Å². The van der Waals surface area contributed by atoms with Crippen molar-refractivity contribution in [1.82, 2.24) is 5.32 Å². The Bertz CT molecular complexity index is 488. The zero-order valence-electron chi connectivity index (χ0n) is 11.9. The van der Waals surface area contributed by atoms with E-state index in [1.807, 2.05) is 13.8 Å². The van der Waals surface area contributed by atoms with Crippen molar-refractivity contribution in [3.63, 3.8) is 0 Å². The van der Waals surface area contributed by atoms with Gasteiger partial charge in [0.05, 0.1) is 18.4 Å². The Hall–Kier alpha value is -2.24. The highest BCUT2D eigenvalue weighted by atomic mass is 16.5. The van der Waals surface area contributed by atoms with E-state index >= 15 is 0 Å². The lowest BCUT2D eigenvalue weighted by molar-refractivity contribution is -0.123. The van der Waals surface area contributed by atoms with Crippen LogP contribution in [0.3, 0.4) is 0 Å². The lowest BCUT2D eigenvalue weighted by Crippen LogP contribution is -2.35. The number of benzene rings is 1. The second kappa shape index (κ2) is 7.37. The van der Waals surface area contributed by atoms with Gasteiger partial charge in [0.2, 0.25) is 0 Å². The number of esters is 1. The Morgan fingerprint density at radius 1 is 1.40 bits per heavy atom. The molecular weight excluding hydrogens is 260 g/mol. The lowest BCUT2D eigenvalue weighted by atomic mass is 10.2. The fourth-order valence-corrected chi connectivity index (χ4v) is 1.47. The van der Waals surface area contributed by atoms with Crippen LogP contribution in [0.1, 0.15) is 30.6 Å². The highest BCUT2D eigenvalue weighted by Gasteiger charge is 2.11. The summed E-state index contributed by atoms with van der Waals surface area (Å²) in [5, 5.41) is 2.77. The second-order valence-corrected chi connectivity index (χ2v) is 4.41. The number of rotatable bonds is 6. The van der Waals surface area contributed by atoms with Crippen molar-refractivity contribution in [3.8, 4) is 5.75 Å². The van der Waals surface area contributed by atoms with E-state index in [0.29, 0.717) is 11.3 Å². The number of nitrogens with one attached hydrogen (secondary N) is 1. The van der Waals surface area contributed by atoms with Gasteiger partial charge in [-0.05, 0) is 31.5 Å². The van der Waals surface area contributed by atoms with E-state index in [2.05, 4.69) is 10.1 Å². The number of amides is 1. The molecule has 1 aromatic rings. The summed E-state index contributed by atoms with van der Waals surface area (Å²) < 4.78 is 9.94. The van der Waals surface area contributed by atoms with Gasteiger partial charge in [0.15, 0.2) is 6.61 Å². The summed E-state index contributed by atoms with van der Waals surface area (Å²) in [6.07, 6.45) is 0.839. The molecule has 1 rings (SSSR count). The maximum absolute atomic E-state index is 11.6. The molecule has 1 atom stereocenters. The number of nitrogens with two attached hydrogens (primary N) is 1. The van der Waals surface area contributed by atoms with E-state index in [0.717, 1.165) is 6.42 Å². The summed E-state index contributed by atoms with van der Waals surface area (Å²) >= 11 is 0. The molecular formula is C14H20N2O4. The highest BCUT2D eigenvalue weighted by molar-refractivity contribution is 5.90. The first-order valence-corrected chi connectivity index (χ1v) is 6.38. The van der Waals surface area contributed by atoms with Gasteiger partial charge in [0.25, 0.3) is 5.91 Å². The average molecular weight is 280 g/mol. The van der Waals surface area contributed by atoms with E-state index in [1.165, 1.54) is 25.3 Å². The minimum atomic E-state index is -0.487. The third-order valence-electron chi connectivity index (χ3n) is 2.81. The van der Waals surface area contributed by atoms with E-state index in [-0.39, 0.29) is 24.3 Å². The smallest absolute Gasteiger partial charge is 0.337 e. The molecule has 0 radical (unpaired) electrons. The van der Waals surface area contributed by atoms with Crippen LogP contribution >= 0.6 is 0 Å². The quantitative estimate of drug-likeness (QED) is 0.606. The number of hydrogen-bond donors (Lipinski definition) is 2. The Morgan fingerprint density at radius 3 is 2.70 bits per heavy atom. The van der Waals surface area contributed by atoms with Crippen LogP contribution in [0.25, 0.3) is 0 Å². The van der Waals surface area contributed by atoms with Gasteiger partial charge in [-0.25, -0.2) is 4.79 Å². The van der Waals surface area contributed by atoms with Crippen molar-refractivity contribution >= 4 is 17.6 Å². The first-order valence-electron chi connectivity index (χ1n) is 6.38. The summed E-state index contributed by atoms with van der Waals surface area (Å²) in [6, 6.07) is 4.61. The van der Waals surface area contributed by atoms with Gasteiger partial charge in [0, 0.05) is 6.04 Å². The number of anilines is 1. The first-order chi connectivity index (χ1) is 9.47. The molecule has 1 unspecified atom stereocenters. The number of nitrogen functional groups attached to an aromatic ring is 1. The van der Waals surface area contributed by atoms with Crippen LogP contribution in [0.4, 0.5) is 5.69 Å². The molecule has 1 aromatic carbocycles. The van der Waals surface area contributed by atoms with Crippen LogP contribution in [0.5, 0.6) is 5.75 Å². The fourth-order valence-electron chi connectivity index (χ4n) is 1.47. The number of carbonyl (C=O) groups excluding carboxylic acids is 2. The molecule has 0 bridgehead atoms. The van der Waals surface area contributed by atoms with Crippen molar-refractivity contribution in [1.29, 1.82) is 0 Å². The monoisotopic (exact) mass is 280 g/mol. The van der Waals surface area contributed by atoms with Crippen molar-refractivity contribution in [2.24, 2.45) is 0 Å². The number of methoxy groups -OCH3 is 1. The lowest BCUT2D eigenvalue weighted by Gasteiger charge is -2.13. The minimum absolute atomic E-state index is 0.0878. The molecule has 3 N–H and O–H groups in total.